The monoisotopic (exact) mass is 384 g/mol. The van der Waals surface area contributed by atoms with Gasteiger partial charge in [-0.2, -0.15) is 0 Å². The summed E-state index contributed by atoms with van der Waals surface area (Å²) in [6.45, 7) is 0.282. The van der Waals surface area contributed by atoms with Gasteiger partial charge in [0.2, 0.25) is 0 Å². The SMILES string of the molecule is O=C(O)Cc1cc2ccccc2n(Cc2nc3cc(Cl)ccc3s2)c1=O. The highest BCUT2D eigenvalue weighted by Crippen LogP contribution is 2.26. The fourth-order valence-corrected chi connectivity index (χ4v) is 4.09. The Labute approximate surface area is 157 Å². The number of hydrogen-bond donors (Lipinski definition) is 1. The molecule has 4 rings (SSSR count). The van der Waals surface area contributed by atoms with Crippen molar-refractivity contribution in [3.05, 3.63) is 74.5 Å². The van der Waals surface area contributed by atoms with Gasteiger partial charge in [0.15, 0.2) is 0 Å². The van der Waals surface area contributed by atoms with Gasteiger partial charge < -0.3 is 9.67 Å². The van der Waals surface area contributed by atoms with Gasteiger partial charge in [-0.15, -0.1) is 11.3 Å². The lowest BCUT2D eigenvalue weighted by Gasteiger charge is -2.11. The zero-order chi connectivity index (χ0) is 18.3. The van der Waals surface area contributed by atoms with Crippen LogP contribution in [0.1, 0.15) is 10.6 Å². The first-order valence-electron chi connectivity index (χ1n) is 7.89. The molecule has 0 atom stereocenters. The van der Waals surface area contributed by atoms with Gasteiger partial charge in [-0.05, 0) is 35.7 Å². The number of carbonyl (C=O) groups is 1. The topological polar surface area (TPSA) is 72.2 Å². The van der Waals surface area contributed by atoms with Gasteiger partial charge in [-0.3, -0.25) is 9.59 Å². The second-order valence-corrected chi connectivity index (χ2v) is 7.46. The van der Waals surface area contributed by atoms with E-state index in [0.29, 0.717) is 5.02 Å². The van der Waals surface area contributed by atoms with E-state index < -0.39 is 5.97 Å². The lowest BCUT2D eigenvalue weighted by atomic mass is 10.1. The molecule has 5 nitrogen and oxygen atoms in total. The molecule has 4 aromatic rings. The summed E-state index contributed by atoms with van der Waals surface area (Å²) in [5.74, 6) is -1.03. The Morgan fingerprint density at radius 1 is 1.19 bits per heavy atom. The Bertz CT molecular complexity index is 1210. The number of rotatable bonds is 4. The van der Waals surface area contributed by atoms with Crippen LogP contribution in [0, 0.1) is 0 Å². The summed E-state index contributed by atoms with van der Waals surface area (Å²) in [6, 6.07) is 14.6. The molecule has 0 spiro atoms. The molecule has 0 unspecified atom stereocenters. The zero-order valence-electron chi connectivity index (χ0n) is 13.5. The van der Waals surface area contributed by atoms with E-state index in [1.165, 1.54) is 11.3 Å². The standard InChI is InChI=1S/C19H13ClN2O3S/c20-13-5-6-16-14(9-13)21-17(26-16)10-22-15-4-2-1-3-11(15)7-12(19(22)25)8-18(23)24/h1-7,9H,8,10H2,(H,23,24). The van der Waals surface area contributed by atoms with Crippen LogP contribution in [0.3, 0.4) is 0 Å². The number of aliphatic carboxylic acids is 1. The first-order chi connectivity index (χ1) is 12.5. The van der Waals surface area contributed by atoms with E-state index in [1.54, 1.807) is 22.8 Å². The van der Waals surface area contributed by atoms with Crippen molar-refractivity contribution < 1.29 is 9.90 Å². The smallest absolute Gasteiger partial charge is 0.308 e. The van der Waals surface area contributed by atoms with Crippen molar-refractivity contribution in [3.8, 4) is 0 Å². The van der Waals surface area contributed by atoms with E-state index >= 15 is 0 Å². The van der Waals surface area contributed by atoms with Crippen molar-refractivity contribution in [2.75, 3.05) is 0 Å². The van der Waals surface area contributed by atoms with Crippen molar-refractivity contribution in [3.63, 3.8) is 0 Å². The molecule has 0 aliphatic carbocycles. The molecule has 2 aromatic heterocycles. The lowest BCUT2D eigenvalue weighted by Crippen LogP contribution is -2.26. The average Bonchev–Trinajstić information content (AvgIpc) is 2.99. The summed E-state index contributed by atoms with van der Waals surface area (Å²) in [4.78, 5) is 28.5. The first-order valence-corrected chi connectivity index (χ1v) is 9.09. The quantitative estimate of drug-likeness (QED) is 0.578. The molecule has 1 N–H and O–H groups in total. The summed E-state index contributed by atoms with van der Waals surface area (Å²) in [5, 5.41) is 11.3. The number of aromatic nitrogens is 2. The number of carboxylic acids is 1. The molecule has 0 aliphatic rings. The third-order valence-corrected chi connectivity index (χ3v) is 5.36. The van der Waals surface area contributed by atoms with Gasteiger partial charge in [0.05, 0.1) is 28.7 Å². The fourth-order valence-electron chi connectivity index (χ4n) is 2.99. The van der Waals surface area contributed by atoms with Gasteiger partial charge in [-0.25, -0.2) is 4.98 Å². The molecule has 0 fully saturated rings. The summed E-state index contributed by atoms with van der Waals surface area (Å²) in [5.41, 5.74) is 1.50. The molecule has 130 valence electrons. The van der Waals surface area contributed by atoms with Crippen LogP contribution in [-0.4, -0.2) is 20.6 Å². The Balaban J connectivity index is 1.87. The molecule has 26 heavy (non-hydrogen) atoms. The number of benzene rings is 2. The highest BCUT2D eigenvalue weighted by molar-refractivity contribution is 7.18. The minimum atomic E-state index is -1.03. The van der Waals surface area contributed by atoms with Crippen LogP contribution in [0.2, 0.25) is 5.02 Å². The highest BCUT2D eigenvalue weighted by atomic mass is 35.5. The highest BCUT2D eigenvalue weighted by Gasteiger charge is 2.14. The molecule has 2 aromatic carbocycles. The largest absolute Gasteiger partial charge is 0.481 e. The van der Waals surface area contributed by atoms with Gasteiger partial charge >= 0.3 is 5.97 Å². The lowest BCUT2D eigenvalue weighted by molar-refractivity contribution is -0.136. The van der Waals surface area contributed by atoms with E-state index in [2.05, 4.69) is 4.98 Å². The number of halogens is 1. The van der Waals surface area contributed by atoms with E-state index in [4.69, 9.17) is 16.7 Å². The van der Waals surface area contributed by atoms with Gasteiger partial charge in [0.1, 0.15) is 5.01 Å². The van der Waals surface area contributed by atoms with Crippen molar-refractivity contribution >= 4 is 50.0 Å². The average molecular weight is 385 g/mol. The maximum absolute atomic E-state index is 12.8. The van der Waals surface area contributed by atoms with Crippen molar-refractivity contribution in [2.24, 2.45) is 0 Å². The second-order valence-electron chi connectivity index (χ2n) is 5.91. The summed E-state index contributed by atoms with van der Waals surface area (Å²) < 4.78 is 2.58. The molecule has 0 saturated carbocycles. The summed E-state index contributed by atoms with van der Waals surface area (Å²) in [6.07, 6.45) is -0.306. The number of para-hydroxylation sites is 1. The van der Waals surface area contributed by atoms with Crippen LogP contribution < -0.4 is 5.56 Å². The van der Waals surface area contributed by atoms with Crippen LogP contribution in [0.4, 0.5) is 0 Å². The molecule has 0 amide bonds. The van der Waals surface area contributed by atoms with E-state index in [1.807, 2.05) is 30.3 Å². The van der Waals surface area contributed by atoms with Crippen LogP contribution in [0.15, 0.2) is 53.3 Å². The maximum Gasteiger partial charge on any atom is 0.308 e. The first kappa shape index (κ1) is 16.8. The van der Waals surface area contributed by atoms with Crippen LogP contribution in [-0.2, 0) is 17.8 Å². The molecule has 0 radical (unpaired) electrons. The van der Waals surface area contributed by atoms with Crippen molar-refractivity contribution in [1.29, 1.82) is 0 Å². The maximum atomic E-state index is 12.8. The number of hydrogen-bond acceptors (Lipinski definition) is 4. The normalized spacial score (nSPS) is 11.3. The molecule has 2 heterocycles. The Hall–Kier alpha value is -2.70. The number of thiazole rings is 1. The van der Waals surface area contributed by atoms with Gasteiger partial charge in [0, 0.05) is 10.6 Å². The number of nitrogens with zero attached hydrogens (tertiary/aromatic N) is 2. The molecule has 0 bridgehead atoms. The molecular formula is C19H13ClN2O3S. The molecular weight excluding hydrogens is 372 g/mol. The predicted molar refractivity (Wildman–Crippen MR) is 103 cm³/mol. The summed E-state index contributed by atoms with van der Waals surface area (Å²) >= 11 is 7.51. The Morgan fingerprint density at radius 2 is 2.00 bits per heavy atom. The number of pyridine rings is 1. The number of fused-ring (bicyclic) bond motifs is 2. The van der Waals surface area contributed by atoms with E-state index in [9.17, 15) is 9.59 Å². The van der Waals surface area contributed by atoms with E-state index in [-0.39, 0.29) is 24.1 Å². The van der Waals surface area contributed by atoms with Crippen LogP contribution in [0.25, 0.3) is 21.1 Å². The third-order valence-electron chi connectivity index (χ3n) is 4.11. The third kappa shape index (κ3) is 3.09. The van der Waals surface area contributed by atoms with Gasteiger partial charge in [0.25, 0.3) is 5.56 Å². The van der Waals surface area contributed by atoms with Crippen LogP contribution >= 0.6 is 22.9 Å². The van der Waals surface area contributed by atoms with Gasteiger partial charge in [-0.1, -0.05) is 29.8 Å². The fraction of sp³-hybridized carbons (Fsp3) is 0.105. The minimum absolute atomic E-state index is 0.264. The molecule has 7 heteroatoms. The zero-order valence-corrected chi connectivity index (χ0v) is 15.0. The number of carboxylic acid groups (broad SMARTS) is 1. The minimum Gasteiger partial charge on any atom is -0.481 e. The predicted octanol–water partition coefficient (Wildman–Crippen LogP) is 3.94. The van der Waals surface area contributed by atoms with Crippen molar-refractivity contribution in [1.82, 2.24) is 9.55 Å². The van der Waals surface area contributed by atoms with Crippen molar-refractivity contribution in [2.45, 2.75) is 13.0 Å². The van der Waals surface area contributed by atoms with Crippen LogP contribution in [0.5, 0.6) is 0 Å². The second kappa shape index (κ2) is 6.55. The molecule has 0 saturated heterocycles. The van der Waals surface area contributed by atoms with E-state index in [0.717, 1.165) is 26.1 Å². The molecule has 0 aliphatic heterocycles. The Kier molecular flexibility index (Phi) is 4.22. The summed E-state index contributed by atoms with van der Waals surface area (Å²) in [7, 11) is 0. The Morgan fingerprint density at radius 3 is 2.81 bits per heavy atom.